The molecule has 0 aromatic heterocycles. The molecule has 0 aliphatic heterocycles. The average Bonchev–Trinajstić information content (AvgIpc) is 2.94. The van der Waals surface area contributed by atoms with Crippen LogP contribution in [0.3, 0.4) is 0 Å². The van der Waals surface area contributed by atoms with E-state index in [1.165, 1.54) is 17.7 Å². The molecule has 7 heteroatoms. The zero-order valence-electron chi connectivity index (χ0n) is 15.6. The number of guanidine groups is 1. The van der Waals surface area contributed by atoms with E-state index in [0.717, 1.165) is 12.8 Å². The van der Waals surface area contributed by atoms with Crippen LogP contribution in [0, 0.1) is 0 Å². The maximum atomic E-state index is 11.8. The lowest BCUT2D eigenvalue weighted by Gasteiger charge is -2.20. The van der Waals surface area contributed by atoms with Gasteiger partial charge in [-0.1, -0.05) is 12.8 Å². The monoisotopic (exact) mass is 340 g/mol. The third kappa shape index (κ3) is 8.74. The van der Waals surface area contributed by atoms with Gasteiger partial charge in [0.15, 0.2) is 5.96 Å². The van der Waals surface area contributed by atoms with Crippen molar-refractivity contribution in [1.82, 2.24) is 15.5 Å². The van der Waals surface area contributed by atoms with Crippen LogP contribution in [0.5, 0.6) is 0 Å². The summed E-state index contributed by atoms with van der Waals surface area (Å²) < 4.78 is 5.28. The maximum absolute atomic E-state index is 11.8. The summed E-state index contributed by atoms with van der Waals surface area (Å²) in [6, 6.07) is 0.382. The van der Waals surface area contributed by atoms with Gasteiger partial charge in [-0.2, -0.15) is 0 Å². The predicted molar refractivity (Wildman–Crippen MR) is 94.9 cm³/mol. The number of rotatable bonds is 6. The van der Waals surface area contributed by atoms with Crippen LogP contribution < -0.4 is 10.6 Å². The molecule has 0 radical (unpaired) electrons. The molecule has 1 fully saturated rings. The summed E-state index contributed by atoms with van der Waals surface area (Å²) in [5.74, 6) is 0.273. The molecule has 0 heterocycles. The van der Waals surface area contributed by atoms with Crippen LogP contribution in [0.15, 0.2) is 4.99 Å². The van der Waals surface area contributed by atoms with Crippen molar-refractivity contribution in [2.24, 2.45) is 4.99 Å². The van der Waals surface area contributed by atoms with Crippen molar-refractivity contribution in [2.45, 2.75) is 64.5 Å². The van der Waals surface area contributed by atoms with Crippen molar-refractivity contribution in [3.63, 3.8) is 0 Å². The molecular weight excluding hydrogens is 308 g/mol. The fraction of sp³-hybridized carbons (Fsp3) is 0.824. The highest BCUT2D eigenvalue weighted by atomic mass is 16.6. The van der Waals surface area contributed by atoms with E-state index >= 15 is 0 Å². The molecule has 0 spiro atoms. The molecule has 0 saturated heterocycles. The van der Waals surface area contributed by atoms with E-state index in [4.69, 9.17) is 4.74 Å². The standard InChI is InChI=1S/C17H32N4O3/c1-17(2,3)24-15(23)10-11-18-16(19-12-14(22)21(4)5)20-13-8-6-7-9-13/h13H,6-12H2,1-5H3,(H2,18,19,20). The molecule has 7 nitrogen and oxygen atoms in total. The van der Waals surface area contributed by atoms with Gasteiger partial charge in [0, 0.05) is 26.7 Å². The summed E-state index contributed by atoms with van der Waals surface area (Å²) in [5.41, 5.74) is -0.478. The number of likely N-dealkylation sites (N-methyl/N-ethyl adjacent to an activating group) is 1. The van der Waals surface area contributed by atoms with Gasteiger partial charge in [0.25, 0.3) is 0 Å². The Kier molecular flexibility index (Phi) is 8.01. The molecule has 24 heavy (non-hydrogen) atoms. The van der Waals surface area contributed by atoms with E-state index in [1.807, 2.05) is 20.8 Å². The first-order chi connectivity index (χ1) is 11.2. The molecular formula is C17H32N4O3. The van der Waals surface area contributed by atoms with E-state index in [0.29, 0.717) is 18.5 Å². The fourth-order valence-corrected chi connectivity index (χ4v) is 2.38. The third-order valence-corrected chi connectivity index (χ3v) is 3.61. The Labute approximate surface area is 145 Å². The Hall–Kier alpha value is -1.79. The van der Waals surface area contributed by atoms with E-state index < -0.39 is 5.60 Å². The SMILES string of the molecule is CN(C)C(=O)CN=C(NCCC(=O)OC(C)(C)C)NC1CCCC1. The van der Waals surface area contributed by atoms with Crippen LogP contribution in [0.4, 0.5) is 0 Å². The smallest absolute Gasteiger partial charge is 0.308 e. The molecule has 1 saturated carbocycles. The number of hydrogen-bond donors (Lipinski definition) is 2. The zero-order chi connectivity index (χ0) is 18.2. The topological polar surface area (TPSA) is 83.0 Å². The van der Waals surface area contributed by atoms with Crippen LogP contribution in [0.2, 0.25) is 0 Å². The molecule has 0 aromatic rings. The first kappa shape index (κ1) is 20.3. The summed E-state index contributed by atoms with van der Waals surface area (Å²) in [7, 11) is 3.41. The van der Waals surface area contributed by atoms with Crippen LogP contribution >= 0.6 is 0 Å². The fourth-order valence-electron chi connectivity index (χ4n) is 2.38. The lowest BCUT2D eigenvalue weighted by atomic mass is 10.2. The van der Waals surface area contributed by atoms with Gasteiger partial charge in [0.2, 0.25) is 5.91 Å². The maximum Gasteiger partial charge on any atom is 0.308 e. The Morgan fingerprint density at radius 2 is 1.83 bits per heavy atom. The lowest BCUT2D eigenvalue weighted by molar-refractivity contribution is -0.154. The van der Waals surface area contributed by atoms with Gasteiger partial charge in [-0.05, 0) is 33.6 Å². The van der Waals surface area contributed by atoms with Gasteiger partial charge in [0.1, 0.15) is 12.1 Å². The first-order valence-electron chi connectivity index (χ1n) is 8.64. The quantitative estimate of drug-likeness (QED) is 0.432. The van der Waals surface area contributed by atoms with Crippen molar-refractivity contribution in [2.75, 3.05) is 27.2 Å². The Morgan fingerprint density at radius 1 is 1.21 bits per heavy atom. The van der Waals surface area contributed by atoms with Crippen molar-refractivity contribution < 1.29 is 14.3 Å². The zero-order valence-corrected chi connectivity index (χ0v) is 15.6. The summed E-state index contributed by atoms with van der Waals surface area (Å²) >= 11 is 0. The third-order valence-electron chi connectivity index (χ3n) is 3.61. The number of aliphatic imine (C=N–C) groups is 1. The van der Waals surface area contributed by atoms with Gasteiger partial charge in [-0.15, -0.1) is 0 Å². The minimum atomic E-state index is -0.478. The Bertz CT molecular complexity index is 449. The molecule has 0 atom stereocenters. The number of nitrogens with zero attached hydrogens (tertiary/aromatic N) is 2. The van der Waals surface area contributed by atoms with Gasteiger partial charge >= 0.3 is 5.97 Å². The summed E-state index contributed by atoms with van der Waals surface area (Å²) in [4.78, 5) is 29.3. The predicted octanol–water partition coefficient (Wildman–Crippen LogP) is 1.28. The minimum absolute atomic E-state index is 0.0605. The summed E-state index contributed by atoms with van der Waals surface area (Å²) in [6.45, 7) is 6.05. The summed E-state index contributed by atoms with van der Waals surface area (Å²) in [6.07, 6.45) is 4.88. The number of nitrogens with one attached hydrogen (secondary N) is 2. The second kappa shape index (κ2) is 9.49. The lowest BCUT2D eigenvalue weighted by Crippen LogP contribution is -2.44. The van der Waals surface area contributed by atoms with Crippen molar-refractivity contribution in [1.29, 1.82) is 0 Å². The molecule has 0 aromatic carbocycles. The number of carbonyl (C=O) groups is 2. The van der Waals surface area contributed by atoms with Gasteiger partial charge in [-0.3, -0.25) is 9.59 Å². The van der Waals surface area contributed by atoms with Crippen LogP contribution in [0.1, 0.15) is 52.9 Å². The Balaban J connectivity index is 2.49. The van der Waals surface area contributed by atoms with Crippen molar-refractivity contribution in [3.8, 4) is 0 Å². The van der Waals surface area contributed by atoms with Crippen LogP contribution in [-0.2, 0) is 14.3 Å². The highest BCUT2D eigenvalue weighted by Gasteiger charge is 2.18. The normalized spacial score (nSPS) is 16.0. The first-order valence-corrected chi connectivity index (χ1v) is 8.64. The van der Waals surface area contributed by atoms with Gasteiger partial charge in [-0.25, -0.2) is 4.99 Å². The van der Waals surface area contributed by atoms with Gasteiger partial charge < -0.3 is 20.3 Å². The molecule has 1 rings (SSSR count). The molecule has 138 valence electrons. The van der Waals surface area contributed by atoms with Crippen LogP contribution in [-0.4, -0.2) is 61.6 Å². The molecule has 1 amide bonds. The molecule has 2 N–H and O–H groups in total. The summed E-state index contributed by atoms with van der Waals surface area (Å²) in [5, 5.41) is 6.47. The second-order valence-electron chi connectivity index (χ2n) is 7.34. The molecule has 1 aliphatic carbocycles. The number of ether oxygens (including phenoxy) is 1. The second-order valence-corrected chi connectivity index (χ2v) is 7.34. The van der Waals surface area contributed by atoms with E-state index in [9.17, 15) is 9.59 Å². The van der Waals surface area contributed by atoms with E-state index in [-0.39, 0.29) is 24.8 Å². The van der Waals surface area contributed by atoms with Gasteiger partial charge in [0.05, 0.1) is 6.42 Å². The number of carbonyl (C=O) groups excluding carboxylic acids is 2. The van der Waals surface area contributed by atoms with Crippen molar-refractivity contribution in [3.05, 3.63) is 0 Å². The van der Waals surface area contributed by atoms with E-state index in [2.05, 4.69) is 15.6 Å². The largest absolute Gasteiger partial charge is 0.460 e. The van der Waals surface area contributed by atoms with Crippen LogP contribution in [0.25, 0.3) is 0 Å². The average molecular weight is 340 g/mol. The highest BCUT2D eigenvalue weighted by Crippen LogP contribution is 2.17. The highest BCUT2D eigenvalue weighted by molar-refractivity contribution is 5.85. The minimum Gasteiger partial charge on any atom is -0.460 e. The number of hydrogen-bond acceptors (Lipinski definition) is 4. The van der Waals surface area contributed by atoms with Crippen molar-refractivity contribution >= 4 is 17.8 Å². The van der Waals surface area contributed by atoms with E-state index in [1.54, 1.807) is 14.1 Å². The molecule has 0 unspecified atom stereocenters. The molecule has 1 aliphatic rings. The number of amides is 1. The molecule has 0 bridgehead atoms. The Morgan fingerprint density at radius 3 is 2.38 bits per heavy atom. The number of esters is 1.